The molecule has 0 fully saturated rings. The van der Waals surface area contributed by atoms with Gasteiger partial charge < -0.3 is 31.7 Å². The van der Waals surface area contributed by atoms with E-state index in [2.05, 4.69) is 52.6 Å². The van der Waals surface area contributed by atoms with Crippen LogP contribution in [-0.4, -0.2) is 72.0 Å². The molecule has 11 heteroatoms. The smallest absolute Gasteiger partial charge is 0.303 e. The summed E-state index contributed by atoms with van der Waals surface area (Å²) in [5, 5.41) is 23.7. The minimum Gasteiger partial charge on any atom is -0.481 e. The van der Waals surface area contributed by atoms with Crippen LogP contribution in [-0.2, 0) is 30.4 Å². The molecule has 6 N–H and O–H groups in total. The zero-order chi connectivity index (χ0) is 33.8. The van der Waals surface area contributed by atoms with Crippen LogP contribution in [0.4, 0.5) is 0 Å². The second-order valence-corrected chi connectivity index (χ2v) is 12.4. The molecule has 5 atom stereocenters. The number of amides is 4. The molecule has 0 aromatic heterocycles. The Morgan fingerprint density at radius 2 is 1.51 bits per heavy atom. The molecule has 1 rings (SSSR count). The normalized spacial score (nSPS) is 14.5. The van der Waals surface area contributed by atoms with Gasteiger partial charge in [-0.15, -0.1) is 0 Å². The highest BCUT2D eigenvalue weighted by Crippen LogP contribution is 2.11. The lowest BCUT2D eigenvalue weighted by molar-refractivity contribution is -0.137. The molecular formula is C34H57N5O6. The molecule has 0 unspecified atom stereocenters. The molecule has 0 aliphatic heterocycles. The number of hydrogen-bond donors (Lipinski definition) is 6. The van der Waals surface area contributed by atoms with E-state index in [0.717, 1.165) is 12.8 Å². The van der Waals surface area contributed by atoms with Gasteiger partial charge in [-0.2, -0.15) is 0 Å². The van der Waals surface area contributed by atoms with Gasteiger partial charge >= 0.3 is 5.97 Å². The minimum atomic E-state index is -0.981. The molecule has 11 nitrogen and oxygen atoms in total. The van der Waals surface area contributed by atoms with Crippen molar-refractivity contribution < 1.29 is 29.1 Å². The number of benzene rings is 1. The summed E-state index contributed by atoms with van der Waals surface area (Å²) in [4.78, 5) is 62.7. The maximum absolute atomic E-state index is 13.4. The maximum atomic E-state index is 13.4. The first-order valence-electron chi connectivity index (χ1n) is 16.5. The van der Waals surface area contributed by atoms with Crippen LogP contribution < -0.4 is 26.6 Å². The molecule has 0 radical (unpaired) electrons. The first kappa shape index (κ1) is 39.6. The Bertz CT molecular complexity index is 1050. The van der Waals surface area contributed by atoms with Crippen LogP contribution in [0.25, 0.3) is 0 Å². The molecule has 4 amide bonds. The third kappa shape index (κ3) is 17.0. The Hall–Kier alpha value is -3.47. The first-order valence-corrected chi connectivity index (χ1v) is 16.5. The summed E-state index contributed by atoms with van der Waals surface area (Å²) in [6, 6.07) is 7.78. The Labute approximate surface area is 269 Å². The van der Waals surface area contributed by atoms with Crippen LogP contribution in [0, 0.1) is 11.8 Å². The number of carboxylic acid groups (broad SMARTS) is 1. The van der Waals surface area contributed by atoms with Crippen LogP contribution in [0.15, 0.2) is 30.3 Å². The average Bonchev–Trinajstić information content (AvgIpc) is 2.99. The van der Waals surface area contributed by atoms with Gasteiger partial charge in [0.2, 0.25) is 23.6 Å². The summed E-state index contributed by atoms with van der Waals surface area (Å²) in [5.74, 6) is -2.15. The van der Waals surface area contributed by atoms with Crippen LogP contribution >= 0.6 is 0 Å². The van der Waals surface area contributed by atoms with E-state index < -0.39 is 35.9 Å². The van der Waals surface area contributed by atoms with Gasteiger partial charge in [0, 0.05) is 32.0 Å². The second kappa shape index (κ2) is 22.1. The molecule has 0 saturated heterocycles. The molecule has 0 saturated carbocycles. The van der Waals surface area contributed by atoms with Crippen molar-refractivity contribution in [3.05, 3.63) is 35.9 Å². The molecular weight excluding hydrogens is 574 g/mol. The van der Waals surface area contributed by atoms with Crippen LogP contribution in [0.2, 0.25) is 0 Å². The third-order valence-corrected chi connectivity index (χ3v) is 7.77. The number of nitrogens with one attached hydrogen (secondary N) is 5. The van der Waals surface area contributed by atoms with Gasteiger partial charge in [0.1, 0.15) is 12.1 Å². The average molecular weight is 632 g/mol. The molecule has 0 spiro atoms. The number of carboxylic acids is 1. The van der Waals surface area contributed by atoms with E-state index >= 15 is 0 Å². The number of carbonyl (C=O) groups is 5. The van der Waals surface area contributed by atoms with E-state index in [1.165, 1.54) is 5.56 Å². The van der Waals surface area contributed by atoms with E-state index in [-0.39, 0.29) is 49.0 Å². The molecule has 254 valence electrons. The standard InChI is InChI=1S/C34H57N5O6/c1-7-14-28(38-34(45)31(24(5)8-2)39-29(40)18-12-19-30(41)42)33(44)37-27(21-23(3)4)22-36-25(6)32(43)35-20-13-17-26-15-10-9-11-16-26/h9-11,15-16,23-25,27-28,31,36H,7-8,12-14,17-22H2,1-6H3,(H,35,43)(H,37,44)(H,38,45)(H,39,40)(H,41,42)/t24-,25-,27-,28-,31-/m0/s1. The summed E-state index contributed by atoms with van der Waals surface area (Å²) < 4.78 is 0. The van der Waals surface area contributed by atoms with Crippen molar-refractivity contribution >= 4 is 29.6 Å². The number of aliphatic carboxylic acids is 1. The molecule has 0 bridgehead atoms. The van der Waals surface area contributed by atoms with Crippen molar-refractivity contribution in [3.8, 4) is 0 Å². The summed E-state index contributed by atoms with van der Waals surface area (Å²) in [6.07, 6.45) is 4.15. The van der Waals surface area contributed by atoms with Crippen molar-refractivity contribution in [3.63, 3.8) is 0 Å². The maximum Gasteiger partial charge on any atom is 0.303 e. The van der Waals surface area contributed by atoms with E-state index in [1.54, 1.807) is 6.92 Å². The van der Waals surface area contributed by atoms with Gasteiger partial charge in [-0.05, 0) is 56.4 Å². The fraction of sp³-hybridized carbons (Fsp3) is 0.676. The molecule has 45 heavy (non-hydrogen) atoms. The zero-order valence-corrected chi connectivity index (χ0v) is 28.1. The molecule has 0 aliphatic rings. The number of carbonyl (C=O) groups excluding carboxylic acids is 4. The van der Waals surface area contributed by atoms with Gasteiger partial charge in [0.05, 0.1) is 6.04 Å². The van der Waals surface area contributed by atoms with Gasteiger partial charge in [0.15, 0.2) is 0 Å². The Morgan fingerprint density at radius 3 is 2.11 bits per heavy atom. The fourth-order valence-corrected chi connectivity index (χ4v) is 4.94. The Balaban J connectivity index is 2.74. The van der Waals surface area contributed by atoms with Crippen molar-refractivity contribution in [2.75, 3.05) is 13.1 Å². The fourth-order valence-electron chi connectivity index (χ4n) is 4.94. The van der Waals surface area contributed by atoms with Gasteiger partial charge in [-0.1, -0.05) is 77.8 Å². The lowest BCUT2D eigenvalue weighted by atomic mass is 9.97. The second-order valence-electron chi connectivity index (χ2n) is 12.4. The van der Waals surface area contributed by atoms with Gasteiger partial charge in [-0.25, -0.2) is 0 Å². The molecule has 0 aliphatic carbocycles. The zero-order valence-electron chi connectivity index (χ0n) is 28.1. The third-order valence-electron chi connectivity index (χ3n) is 7.77. The van der Waals surface area contributed by atoms with Crippen LogP contribution in [0.3, 0.4) is 0 Å². The molecule has 1 aromatic carbocycles. The molecule has 1 aromatic rings. The SMILES string of the molecule is CCC[C@H](NC(=O)[C@@H](NC(=O)CCCC(=O)O)[C@@H](C)CC)C(=O)N[C@H](CN[C@@H](C)C(=O)NCCCc1ccccc1)CC(C)C. The highest BCUT2D eigenvalue weighted by Gasteiger charge is 2.30. The predicted molar refractivity (Wildman–Crippen MR) is 176 cm³/mol. The van der Waals surface area contributed by atoms with Gasteiger partial charge in [0.25, 0.3) is 0 Å². The number of aryl methyl sites for hydroxylation is 1. The van der Waals surface area contributed by atoms with Crippen LogP contribution in [0.5, 0.6) is 0 Å². The van der Waals surface area contributed by atoms with E-state index in [1.807, 2.05) is 39.0 Å². The highest BCUT2D eigenvalue weighted by atomic mass is 16.4. The first-order chi connectivity index (χ1) is 21.4. The molecule has 0 heterocycles. The summed E-state index contributed by atoms with van der Waals surface area (Å²) >= 11 is 0. The monoisotopic (exact) mass is 631 g/mol. The highest BCUT2D eigenvalue weighted by molar-refractivity contribution is 5.92. The quantitative estimate of drug-likeness (QED) is 0.101. The number of rotatable bonds is 23. The summed E-state index contributed by atoms with van der Waals surface area (Å²) in [5.41, 5.74) is 1.23. The van der Waals surface area contributed by atoms with Gasteiger partial charge in [-0.3, -0.25) is 24.0 Å². The van der Waals surface area contributed by atoms with E-state index in [4.69, 9.17) is 5.11 Å². The summed E-state index contributed by atoms with van der Waals surface area (Å²) in [6.45, 7) is 12.6. The Kier molecular flexibility index (Phi) is 19.4. The van der Waals surface area contributed by atoms with Crippen LogP contribution in [0.1, 0.15) is 98.5 Å². The van der Waals surface area contributed by atoms with Crippen molar-refractivity contribution in [2.45, 2.75) is 123 Å². The van der Waals surface area contributed by atoms with E-state index in [9.17, 15) is 24.0 Å². The van der Waals surface area contributed by atoms with Crippen molar-refractivity contribution in [1.29, 1.82) is 0 Å². The lowest BCUT2D eigenvalue weighted by Gasteiger charge is -2.28. The number of hydrogen-bond acceptors (Lipinski definition) is 6. The predicted octanol–water partition coefficient (Wildman–Crippen LogP) is 3.32. The summed E-state index contributed by atoms with van der Waals surface area (Å²) in [7, 11) is 0. The minimum absolute atomic E-state index is 0.000591. The van der Waals surface area contributed by atoms with Crippen molar-refractivity contribution in [2.24, 2.45) is 11.8 Å². The van der Waals surface area contributed by atoms with E-state index in [0.29, 0.717) is 38.8 Å². The van der Waals surface area contributed by atoms with Crippen molar-refractivity contribution in [1.82, 2.24) is 26.6 Å². The topological polar surface area (TPSA) is 166 Å². The lowest BCUT2D eigenvalue weighted by Crippen LogP contribution is -2.57. The Morgan fingerprint density at radius 1 is 0.822 bits per heavy atom. The largest absolute Gasteiger partial charge is 0.481 e.